The zero-order valence-corrected chi connectivity index (χ0v) is 23.6. The second-order valence-electron chi connectivity index (χ2n) is 9.26. The molecule has 0 spiro atoms. The average Bonchev–Trinajstić information content (AvgIpc) is 3.35. The lowest BCUT2D eigenvalue weighted by Crippen LogP contribution is -2.10. The summed E-state index contributed by atoms with van der Waals surface area (Å²) in [6.45, 7) is 0.922. The number of methoxy groups -OCH3 is 2. The number of esters is 1. The molecule has 0 fully saturated rings. The molecule has 2 aromatic carbocycles. The van der Waals surface area contributed by atoms with Crippen LogP contribution in [0.25, 0.3) is 22.3 Å². The van der Waals surface area contributed by atoms with E-state index in [-0.39, 0.29) is 12.2 Å². The number of imidazole rings is 1. The third-order valence-electron chi connectivity index (χ3n) is 6.59. The Morgan fingerprint density at radius 1 is 1.10 bits per heavy atom. The van der Waals surface area contributed by atoms with Crippen LogP contribution in [0.2, 0.25) is 5.02 Å². The van der Waals surface area contributed by atoms with Crippen molar-refractivity contribution < 1.29 is 23.4 Å². The monoisotopic (exact) mass is 585 g/mol. The van der Waals surface area contributed by atoms with E-state index in [0.29, 0.717) is 58.6 Å². The van der Waals surface area contributed by atoms with Crippen LogP contribution < -0.4 is 4.74 Å². The van der Waals surface area contributed by atoms with E-state index in [2.05, 4.69) is 9.97 Å². The topological polar surface area (TPSA) is 112 Å². The molecule has 0 radical (unpaired) electrons. The molecule has 0 bridgehead atoms. The summed E-state index contributed by atoms with van der Waals surface area (Å²) in [5.41, 5.74) is 4.36. The summed E-state index contributed by atoms with van der Waals surface area (Å²) in [5, 5.41) is 9.35. The highest BCUT2D eigenvalue weighted by molar-refractivity contribution is 6.31. The SMILES string of the molecule is COCCn1c(Cc2ncc(-c3cccc(OCc4ccc(C#N)cc4F)n3)cc2Cl)nc2ccc(C(=O)OC)cc21. The minimum atomic E-state index is -0.517. The van der Waals surface area contributed by atoms with E-state index in [1.54, 1.807) is 55.8 Å². The molecule has 11 heteroatoms. The van der Waals surface area contributed by atoms with Crippen LogP contribution in [0.4, 0.5) is 4.39 Å². The Kier molecular flexibility index (Phi) is 8.71. The van der Waals surface area contributed by atoms with Gasteiger partial charge in [-0.15, -0.1) is 0 Å². The molecule has 0 unspecified atom stereocenters. The lowest BCUT2D eigenvalue weighted by atomic mass is 10.1. The number of fused-ring (bicyclic) bond motifs is 1. The summed E-state index contributed by atoms with van der Waals surface area (Å²) in [7, 11) is 2.96. The van der Waals surface area contributed by atoms with Gasteiger partial charge in [-0.05, 0) is 42.5 Å². The lowest BCUT2D eigenvalue weighted by molar-refractivity contribution is 0.0601. The Morgan fingerprint density at radius 3 is 2.69 bits per heavy atom. The van der Waals surface area contributed by atoms with E-state index in [0.717, 1.165) is 16.9 Å². The molecule has 0 aliphatic rings. The maximum atomic E-state index is 14.2. The number of nitrogens with zero attached hydrogens (tertiary/aromatic N) is 5. The number of hydrogen-bond acceptors (Lipinski definition) is 8. The standard InChI is InChI=1S/C31H25ClFN5O4/c1-40-11-10-38-28-14-20(31(39)41-2)8-9-26(28)36-29(38)15-27-23(32)13-22(17-35-27)25-4-3-5-30(37-25)42-18-21-7-6-19(16-34)12-24(21)33/h3-9,12-14,17H,10-11,15,18H2,1-2H3. The van der Waals surface area contributed by atoms with Crippen molar-refractivity contribution in [3.8, 4) is 23.2 Å². The molecule has 3 aromatic heterocycles. The molecule has 0 N–H and O–H groups in total. The van der Waals surface area contributed by atoms with Gasteiger partial charge in [0, 0.05) is 43.5 Å². The van der Waals surface area contributed by atoms with Gasteiger partial charge < -0.3 is 18.8 Å². The fraction of sp³-hybridized carbons (Fsp3) is 0.194. The summed E-state index contributed by atoms with van der Waals surface area (Å²) in [6, 6.07) is 18.4. The number of aromatic nitrogens is 4. The number of nitriles is 1. The number of benzene rings is 2. The maximum absolute atomic E-state index is 14.2. The van der Waals surface area contributed by atoms with Gasteiger partial charge in [0.2, 0.25) is 5.88 Å². The van der Waals surface area contributed by atoms with Gasteiger partial charge in [0.25, 0.3) is 0 Å². The molecule has 5 aromatic rings. The fourth-order valence-electron chi connectivity index (χ4n) is 4.41. The van der Waals surface area contributed by atoms with Gasteiger partial charge in [0.05, 0.1) is 58.4 Å². The Labute approximate surface area is 246 Å². The van der Waals surface area contributed by atoms with Crippen molar-refractivity contribution in [3.05, 3.63) is 106 Å². The first-order valence-corrected chi connectivity index (χ1v) is 13.3. The number of carbonyl (C=O) groups is 1. The summed E-state index contributed by atoms with van der Waals surface area (Å²) in [4.78, 5) is 26.0. The van der Waals surface area contributed by atoms with Crippen LogP contribution in [-0.4, -0.2) is 46.3 Å². The molecule has 5 rings (SSSR count). The second-order valence-corrected chi connectivity index (χ2v) is 9.67. The Bertz CT molecular complexity index is 1820. The minimum Gasteiger partial charge on any atom is -0.473 e. The molecule has 3 heterocycles. The van der Waals surface area contributed by atoms with Crippen molar-refractivity contribution in [2.45, 2.75) is 19.6 Å². The Balaban J connectivity index is 1.37. The first-order valence-electron chi connectivity index (χ1n) is 12.9. The number of rotatable bonds is 10. The van der Waals surface area contributed by atoms with Crippen LogP contribution in [0.15, 0.2) is 66.9 Å². The number of pyridine rings is 2. The summed E-state index contributed by atoms with van der Waals surface area (Å²) < 4.78 is 32.1. The van der Waals surface area contributed by atoms with Crippen molar-refractivity contribution >= 4 is 28.6 Å². The van der Waals surface area contributed by atoms with E-state index in [1.165, 1.54) is 25.3 Å². The van der Waals surface area contributed by atoms with E-state index < -0.39 is 11.8 Å². The van der Waals surface area contributed by atoms with Crippen molar-refractivity contribution in [1.82, 2.24) is 19.5 Å². The van der Waals surface area contributed by atoms with Crippen LogP contribution in [0.5, 0.6) is 5.88 Å². The van der Waals surface area contributed by atoms with Crippen LogP contribution in [0, 0.1) is 17.1 Å². The van der Waals surface area contributed by atoms with Gasteiger partial charge in [0.15, 0.2) is 0 Å². The number of halogens is 2. The van der Waals surface area contributed by atoms with Gasteiger partial charge in [-0.25, -0.2) is 19.2 Å². The molecule has 42 heavy (non-hydrogen) atoms. The first-order chi connectivity index (χ1) is 20.4. The van der Waals surface area contributed by atoms with Crippen LogP contribution >= 0.6 is 11.6 Å². The molecule has 9 nitrogen and oxygen atoms in total. The molecule has 0 amide bonds. The summed E-state index contributed by atoms with van der Waals surface area (Å²) >= 11 is 6.68. The van der Waals surface area contributed by atoms with Crippen molar-refractivity contribution in [2.24, 2.45) is 0 Å². The van der Waals surface area contributed by atoms with Crippen molar-refractivity contribution in [1.29, 1.82) is 5.26 Å². The normalized spacial score (nSPS) is 10.9. The summed E-state index contributed by atoms with van der Waals surface area (Å²) in [6.07, 6.45) is 2.02. The van der Waals surface area contributed by atoms with Gasteiger partial charge >= 0.3 is 5.97 Å². The zero-order chi connectivity index (χ0) is 29.6. The Morgan fingerprint density at radius 2 is 1.95 bits per heavy atom. The molecule has 0 saturated heterocycles. The molecular formula is C31H25ClFN5O4. The summed E-state index contributed by atoms with van der Waals surface area (Å²) in [5.74, 6) is 0.0728. The quantitative estimate of drug-likeness (QED) is 0.190. The molecule has 0 aliphatic carbocycles. The van der Waals surface area contributed by atoms with Crippen LogP contribution in [0.3, 0.4) is 0 Å². The lowest BCUT2D eigenvalue weighted by Gasteiger charge is -2.11. The van der Waals surface area contributed by atoms with Crippen LogP contribution in [0.1, 0.15) is 33.0 Å². The third-order valence-corrected chi connectivity index (χ3v) is 6.91. The molecule has 0 aliphatic heterocycles. The second kappa shape index (κ2) is 12.8. The van der Waals surface area contributed by atoms with Gasteiger partial charge in [-0.2, -0.15) is 5.26 Å². The predicted molar refractivity (Wildman–Crippen MR) is 154 cm³/mol. The van der Waals surface area contributed by atoms with Gasteiger partial charge in [-0.3, -0.25) is 4.98 Å². The predicted octanol–water partition coefficient (Wildman–Crippen LogP) is 5.76. The van der Waals surface area contributed by atoms with E-state index in [1.807, 2.05) is 10.6 Å². The Hall–Kier alpha value is -4.85. The van der Waals surface area contributed by atoms with E-state index >= 15 is 0 Å². The highest BCUT2D eigenvalue weighted by atomic mass is 35.5. The highest BCUT2D eigenvalue weighted by Gasteiger charge is 2.17. The number of carbonyl (C=O) groups excluding carboxylic acids is 1. The maximum Gasteiger partial charge on any atom is 0.337 e. The smallest absolute Gasteiger partial charge is 0.337 e. The molecule has 212 valence electrons. The highest BCUT2D eigenvalue weighted by Crippen LogP contribution is 2.27. The minimum absolute atomic E-state index is 0.0445. The zero-order valence-electron chi connectivity index (χ0n) is 22.8. The first kappa shape index (κ1) is 28.7. The van der Waals surface area contributed by atoms with E-state index in [4.69, 9.17) is 36.1 Å². The number of hydrogen-bond donors (Lipinski definition) is 0. The average molecular weight is 586 g/mol. The fourth-order valence-corrected chi connectivity index (χ4v) is 4.65. The van der Waals surface area contributed by atoms with Gasteiger partial charge in [-0.1, -0.05) is 23.7 Å². The third kappa shape index (κ3) is 6.22. The van der Waals surface area contributed by atoms with Gasteiger partial charge in [0.1, 0.15) is 18.2 Å². The largest absolute Gasteiger partial charge is 0.473 e. The molecule has 0 atom stereocenters. The number of ether oxygens (including phenoxy) is 3. The van der Waals surface area contributed by atoms with Crippen molar-refractivity contribution in [3.63, 3.8) is 0 Å². The van der Waals surface area contributed by atoms with E-state index in [9.17, 15) is 9.18 Å². The molecule has 0 saturated carbocycles. The molecular weight excluding hydrogens is 561 g/mol. The van der Waals surface area contributed by atoms with Crippen molar-refractivity contribution in [2.75, 3.05) is 20.8 Å². The van der Waals surface area contributed by atoms with Crippen LogP contribution in [-0.2, 0) is 29.0 Å².